The molecule has 1 aromatic carbocycles. The molecule has 1 N–H and O–H groups in total. The first-order valence-electron chi connectivity index (χ1n) is 7.24. The van der Waals surface area contributed by atoms with Crippen molar-refractivity contribution in [3.63, 3.8) is 0 Å². The third-order valence-corrected chi connectivity index (χ3v) is 3.92. The fourth-order valence-electron chi connectivity index (χ4n) is 2.43. The van der Waals surface area contributed by atoms with Crippen LogP contribution in [0.1, 0.15) is 33.3 Å². The number of methoxy groups -OCH3 is 1. The van der Waals surface area contributed by atoms with Crippen molar-refractivity contribution in [1.29, 1.82) is 0 Å². The Hall–Kier alpha value is -0.580. The summed E-state index contributed by atoms with van der Waals surface area (Å²) in [5, 5.41) is 3.50. The summed E-state index contributed by atoms with van der Waals surface area (Å²) < 4.78 is 6.47. The van der Waals surface area contributed by atoms with E-state index < -0.39 is 0 Å². The van der Waals surface area contributed by atoms with Gasteiger partial charge in [-0.15, -0.1) is 0 Å². The van der Waals surface area contributed by atoms with E-state index in [2.05, 4.69) is 59.9 Å². The molecule has 3 nitrogen and oxygen atoms in total. The van der Waals surface area contributed by atoms with Gasteiger partial charge < -0.3 is 10.1 Å². The quantitative estimate of drug-likeness (QED) is 0.729. The molecule has 0 atom stereocenters. The van der Waals surface area contributed by atoms with Gasteiger partial charge in [-0.05, 0) is 45.9 Å². The molecule has 0 heterocycles. The van der Waals surface area contributed by atoms with E-state index in [1.54, 1.807) is 7.11 Å². The Morgan fingerprint density at radius 2 is 1.85 bits per heavy atom. The van der Waals surface area contributed by atoms with Crippen LogP contribution in [0.2, 0.25) is 0 Å². The highest BCUT2D eigenvalue weighted by atomic mass is 79.9. The largest absolute Gasteiger partial charge is 0.496 e. The molecule has 0 fully saturated rings. The smallest absolute Gasteiger partial charge is 0.123 e. The van der Waals surface area contributed by atoms with Crippen molar-refractivity contribution < 1.29 is 4.74 Å². The van der Waals surface area contributed by atoms with E-state index in [9.17, 15) is 0 Å². The Morgan fingerprint density at radius 3 is 2.40 bits per heavy atom. The second-order valence-electron chi connectivity index (χ2n) is 5.56. The van der Waals surface area contributed by atoms with Crippen LogP contribution in [-0.2, 0) is 6.54 Å². The Bertz CT molecular complexity index is 399. The number of hydrogen-bond acceptors (Lipinski definition) is 3. The number of hydrogen-bond donors (Lipinski definition) is 1. The van der Waals surface area contributed by atoms with Gasteiger partial charge in [0.25, 0.3) is 0 Å². The molecular weight excluding hydrogens is 316 g/mol. The monoisotopic (exact) mass is 342 g/mol. The molecule has 0 radical (unpaired) electrons. The number of rotatable bonds is 8. The molecule has 4 heteroatoms. The van der Waals surface area contributed by atoms with Gasteiger partial charge in [0, 0.05) is 41.8 Å². The zero-order chi connectivity index (χ0) is 15.1. The summed E-state index contributed by atoms with van der Waals surface area (Å²) in [5.74, 6) is 0.935. The molecule has 0 spiro atoms. The first-order valence-corrected chi connectivity index (χ1v) is 8.04. The predicted octanol–water partition coefficient (Wildman–Crippen LogP) is 3.67. The van der Waals surface area contributed by atoms with Gasteiger partial charge >= 0.3 is 0 Å². The first-order chi connectivity index (χ1) is 9.45. The lowest BCUT2D eigenvalue weighted by molar-refractivity contribution is 0.175. The van der Waals surface area contributed by atoms with Gasteiger partial charge in [0.05, 0.1) is 7.11 Å². The molecule has 0 aliphatic carbocycles. The van der Waals surface area contributed by atoms with Crippen LogP contribution in [0.5, 0.6) is 5.75 Å². The third kappa shape index (κ3) is 5.43. The van der Waals surface area contributed by atoms with E-state index >= 15 is 0 Å². The number of nitrogens with one attached hydrogen (secondary N) is 1. The Labute approximate surface area is 131 Å². The topological polar surface area (TPSA) is 24.5 Å². The molecule has 0 bridgehead atoms. The minimum absolute atomic E-state index is 0.581. The maximum atomic E-state index is 5.38. The molecule has 1 rings (SSSR count). The van der Waals surface area contributed by atoms with E-state index in [1.165, 1.54) is 5.56 Å². The number of nitrogens with zero attached hydrogens (tertiary/aromatic N) is 1. The Balaban J connectivity index is 2.46. The summed E-state index contributed by atoms with van der Waals surface area (Å²) in [4.78, 5) is 2.49. The van der Waals surface area contributed by atoms with E-state index in [1.807, 2.05) is 12.1 Å². The highest BCUT2D eigenvalue weighted by molar-refractivity contribution is 9.10. The van der Waals surface area contributed by atoms with Gasteiger partial charge in [-0.2, -0.15) is 0 Å². The molecule has 114 valence electrons. The van der Waals surface area contributed by atoms with Crippen molar-refractivity contribution in [2.75, 3.05) is 20.2 Å². The Kier molecular flexibility index (Phi) is 7.56. The lowest BCUT2D eigenvalue weighted by atomic mass is 10.2. The molecule has 20 heavy (non-hydrogen) atoms. The summed E-state index contributed by atoms with van der Waals surface area (Å²) in [5.41, 5.74) is 1.18. The summed E-state index contributed by atoms with van der Waals surface area (Å²) in [6, 6.07) is 7.26. The highest BCUT2D eigenvalue weighted by Crippen LogP contribution is 2.22. The molecule has 0 unspecified atom stereocenters. The molecular formula is C16H27BrN2O. The predicted molar refractivity (Wildman–Crippen MR) is 89.4 cm³/mol. The van der Waals surface area contributed by atoms with Crippen molar-refractivity contribution in [2.45, 2.75) is 46.3 Å². The molecule has 1 aromatic rings. The SMILES string of the molecule is COc1ccc(Br)cc1CNCCN(C(C)C)C(C)C. The van der Waals surface area contributed by atoms with Crippen LogP contribution in [0.4, 0.5) is 0 Å². The van der Waals surface area contributed by atoms with Crippen LogP contribution in [0, 0.1) is 0 Å². The number of ether oxygens (including phenoxy) is 1. The summed E-state index contributed by atoms with van der Waals surface area (Å²) in [6.45, 7) is 11.9. The van der Waals surface area contributed by atoms with Crippen molar-refractivity contribution in [3.8, 4) is 5.75 Å². The summed E-state index contributed by atoms with van der Waals surface area (Å²) in [6.07, 6.45) is 0. The normalized spacial score (nSPS) is 11.7. The fourth-order valence-corrected chi connectivity index (χ4v) is 2.84. The average Bonchev–Trinajstić information content (AvgIpc) is 2.37. The van der Waals surface area contributed by atoms with Crippen LogP contribution in [0.15, 0.2) is 22.7 Å². The maximum Gasteiger partial charge on any atom is 0.123 e. The average molecular weight is 343 g/mol. The second-order valence-corrected chi connectivity index (χ2v) is 6.47. The van der Waals surface area contributed by atoms with Gasteiger partial charge in [0.2, 0.25) is 0 Å². The van der Waals surface area contributed by atoms with Crippen molar-refractivity contribution in [1.82, 2.24) is 10.2 Å². The third-order valence-electron chi connectivity index (χ3n) is 3.43. The zero-order valence-corrected chi connectivity index (χ0v) is 14.8. The molecule has 0 saturated heterocycles. The Morgan fingerprint density at radius 1 is 1.20 bits per heavy atom. The van der Waals surface area contributed by atoms with Gasteiger partial charge in [-0.25, -0.2) is 0 Å². The van der Waals surface area contributed by atoms with E-state index in [0.717, 1.165) is 29.9 Å². The molecule has 0 aromatic heterocycles. The van der Waals surface area contributed by atoms with Crippen LogP contribution in [0.3, 0.4) is 0 Å². The van der Waals surface area contributed by atoms with Crippen molar-refractivity contribution in [3.05, 3.63) is 28.2 Å². The highest BCUT2D eigenvalue weighted by Gasteiger charge is 2.12. The minimum Gasteiger partial charge on any atom is -0.496 e. The van der Waals surface area contributed by atoms with Crippen LogP contribution in [0.25, 0.3) is 0 Å². The minimum atomic E-state index is 0.581. The molecule has 0 saturated carbocycles. The lowest BCUT2D eigenvalue weighted by Crippen LogP contribution is -2.41. The van der Waals surface area contributed by atoms with Crippen LogP contribution in [-0.4, -0.2) is 37.2 Å². The molecule has 0 amide bonds. The summed E-state index contributed by atoms with van der Waals surface area (Å²) >= 11 is 3.50. The van der Waals surface area contributed by atoms with Crippen LogP contribution < -0.4 is 10.1 Å². The molecule has 0 aliphatic rings. The fraction of sp³-hybridized carbons (Fsp3) is 0.625. The zero-order valence-electron chi connectivity index (χ0n) is 13.2. The molecule has 0 aliphatic heterocycles. The van der Waals surface area contributed by atoms with E-state index in [0.29, 0.717) is 12.1 Å². The first kappa shape index (κ1) is 17.5. The second kappa shape index (κ2) is 8.65. The standard InChI is InChI=1S/C16H27BrN2O/c1-12(2)19(13(3)4)9-8-18-11-14-10-15(17)6-7-16(14)20-5/h6-7,10,12-13,18H,8-9,11H2,1-5H3. The van der Waals surface area contributed by atoms with Gasteiger partial charge in [-0.3, -0.25) is 4.90 Å². The van der Waals surface area contributed by atoms with Crippen molar-refractivity contribution >= 4 is 15.9 Å². The van der Waals surface area contributed by atoms with Gasteiger partial charge in [0.15, 0.2) is 0 Å². The maximum absolute atomic E-state index is 5.38. The van der Waals surface area contributed by atoms with Crippen molar-refractivity contribution in [2.24, 2.45) is 0 Å². The van der Waals surface area contributed by atoms with E-state index in [4.69, 9.17) is 4.74 Å². The van der Waals surface area contributed by atoms with Gasteiger partial charge in [0.1, 0.15) is 5.75 Å². The van der Waals surface area contributed by atoms with Crippen LogP contribution >= 0.6 is 15.9 Å². The van der Waals surface area contributed by atoms with E-state index in [-0.39, 0.29) is 0 Å². The summed E-state index contributed by atoms with van der Waals surface area (Å²) in [7, 11) is 1.71. The number of halogens is 1. The number of benzene rings is 1. The lowest BCUT2D eigenvalue weighted by Gasteiger charge is -2.30. The van der Waals surface area contributed by atoms with Gasteiger partial charge in [-0.1, -0.05) is 15.9 Å².